The molecule has 18 heavy (non-hydrogen) atoms. The maximum Gasteiger partial charge on any atom is 0.230 e. The molecular formula is C14H19NO2S. The first-order chi connectivity index (χ1) is 8.78. The van der Waals surface area contributed by atoms with Gasteiger partial charge in [-0.1, -0.05) is 18.9 Å². The molecule has 0 bridgehead atoms. The Bertz CT molecular complexity index is 403. The Kier molecular flexibility index (Phi) is 4.93. The number of methoxy groups -OCH3 is 1. The zero-order chi connectivity index (χ0) is 12.8. The molecule has 1 aromatic rings. The Balaban J connectivity index is 1.77. The summed E-state index contributed by atoms with van der Waals surface area (Å²) in [6.07, 6.45) is 4.76. The lowest BCUT2D eigenvalue weighted by atomic mass is 10.2. The molecule has 1 fully saturated rings. The van der Waals surface area contributed by atoms with Gasteiger partial charge < -0.3 is 10.1 Å². The van der Waals surface area contributed by atoms with E-state index < -0.39 is 0 Å². The summed E-state index contributed by atoms with van der Waals surface area (Å²) < 4.78 is 5.16. The molecule has 0 saturated heterocycles. The van der Waals surface area contributed by atoms with E-state index in [1.165, 1.54) is 12.8 Å². The van der Waals surface area contributed by atoms with Gasteiger partial charge in [0, 0.05) is 10.9 Å². The van der Waals surface area contributed by atoms with Gasteiger partial charge in [-0.05, 0) is 31.0 Å². The van der Waals surface area contributed by atoms with Crippen LogP contribution in [0.3, 0.4) is 0 Å². The fourth-order valence-corrected chi connectivity index (χ4v) is 2.93. The van der Waals surface area contributed by atoms with Gasteiger partial charge in [0.25, 0.3) is 0 Å². The summed E-state index contributed by atoms with van der Waals surface area (Å²) in [5.41, 5.74) is 0. The molecule has 0 spiro atoms. The van der Waals surface area contributed by atoms with Crippen LogP contribution in [0.15, 0.2) is 29.2 Å². The highest BCUT2D eigenvalue weighted by atomic mass is 32.2. The number of thioether (sulfide) groups is 1. The third-order valence-corrected chi connectivity index (χ3v) is 4.13. The van der Waals surface area contributed by atoms with E-state index in [0.29, 0.717) is 11.8 Å². The van der Waals surface area contributed by atoms with Crippen molar-refractivity contribution in [2.45, 2.75) is 36.6 Å². The van der Waals surface area contributed by atoms with E-state index in [1.54, 1.807) is 18.9 Å². The zero-order valence-electron chi connectivity index (χ0n) is 10.6. The first-order valence-corrected chi connectivity index (χ1v) is 7.32. The van der Waals surface area contributed by atoms with Gasteiger partial charge in [0.2, 0.25) is 5.91 Å². The van der Waals surface area contributed by atoms with Crippen LogP contribution in [-0.2, 0) is 4.79 Å². The quantitative estimate of drug-likeness (QED) is 0.832. The largest absolute Gasteiger partial charge is 0.497 e. The van der Waals surface area contributed by atoms with Crippen LogP contribution in [0.5, 0.6) is 5.75 Å². The van der Waals surface area contributed by atoms with E-state index in [1.807, 2.05) is 24.3 Å². The van der Waals surface area contributed by atoms with E-state index in [4.69, 9.17) is 4.74 Å². The Morgan fingerprint density at radius 2 is 2.22 bits per heavy atom. The molecule has 3 nitrogen and oxygen atoms in total. The van der Waals surface area contributed by atoms with E-state index in [9.17, 15) is 4.79 Å². The van der Waals surface area contributed by atoms with Gasteiger partial charge in [-0.3, -0.25) is 4.79 Å². The Morgan fingerprint density at radius 3 is 2.94 bits per heavy atom. The number of benzene rings is 1. The lowest BCUT2D eigenvalue weighted by Crippen LogP contribution is -2.33. The van der Waals surface area contributed by atoms with Crippen LogP contribution in [0.25, 0.3) is 0 Å². The van der Waals surface area contributed by atoms with Crippen LogP contribution >= 0.6 is 11.8 Å². The first kappa shape index (κ1) is 13.3. The van der Waals surface area contributed by atoms with Crippen LogP contribution in [0.1, 0.15) is 25.7 Å². The van der Waals surface area contributed by atoms with Crippen LogP contribution in [0.2, 0.25) is 0 Å². The average molecular weight is 265 g/mol. The molecule has 0 unspecified atom stereocenters. The van der Waals surface area contributed by atoms with Crippen molar-refractivity contribution in [1.82, 2.24) is 5.32 Å². The highest BCUT2D eigenvalue weighted by molar-refractivity contribution is 8.00. The molecule has 1 aliphatic carbocycles. The second-order valence-corrected chi connectivity index (χ2v) is 5.57. The summed E-state index contributed by atoms with van der Waals surface area (Å²) in [5, 5.41) is 3.09. The van der Waals surface area contributed by atoms with Gasteiger partial charge in [0.1, 0.15) is 5.75 Å². The molecule has 1 N–H and O–H groups in total. The Labute approximate surface area is 112 Å². The minimum Gasteiger partial charge on any atom is -0.497 e. The third-order valence-electron chi connectivity index (χ3n) is 3.13. The van der Waals surface area contributed by atoms with Gasteiger partial charge in [0.15, 0.2) is 0 Å². The van der Waals surface area contributed by atoms with Crippen molar-refractivity contribution in [3.63, 3.8) is 0 Å². The van der Waals surface area contributed by atoms with Gasteiger partial charge >= 0.3 is 0 Å². The Morgan fingerprint density at radius 1 is 1.44 bits per heavy atom. The number of carbonyl (C=O) groups excluding carboxylic acids is 1. The van der Waals surface area contributed by atoms with E-state index in [0.717, 1.165) is 23.5 Å². The number of ether oxygens (including phenoxy) is 1. The molecule has 1 saturated carbocycles. The molecule has 98 valence electrons. The predicted molar refractivity (Wildman–Crippen MR) is 74.1 cm³/mol. The maximum atomic E-state index is 11.8. The van der Waals surface area contributed by atoms with Gasteiger partial charge in [-0.15, -0.1) is 11.8 Å². The summed E-state index contributed by atoms with van der Waals surface area (Å²) in [6, 6.07) is 8.20. The molecule has 4 heteroatoms. The minimum atomic E-state index is 0.134. The monoisotopic (exact) mass is 265 g/mol. The molecule has 0 aromatic heterocycles. The lowest BCUT2D eigenvalue weighted by molar-refractivity contribution is -0.119. The molecule has 0 radical (unpaired) electrons. The fraction of sp³-hybridized carbons (Fsp3) is 0.500. The number of hydrogen-bond acceptors (Lipinski definition) is 3. The number of rotatable bonds is 5. The molecular weight excluding hydrogens is 246 g/mol. The molecule has 2 rings (SSSR count). The summed E-state index contributed by atoms with van der Waals surface area (Å²) >= 11 is 1.55. The summed E-state index contributed by atoms with van der Waals surface area (Å²) in [4.78, 5) is 12.8. The van der Waals surface area contributed by atoms with E-state index in [2.05, 4.69) is 5.32 Å². The summed E-state index contributed by atoms with van der Waals surface area (Å²) in [5.74, 6) is 1.44. The smallest absolute Gasteiger partial charge is 0.230 e. The van der Waals surface area contributed by atoms with Crippen LogP contribution in [0, 0.1) is 0 Å². The number of hydrogen-bond donors (Lipinski definition) is 1. The molecule has 0 aliphatic heterocycles. The van der Waals surface area contributed by atoms with Gasteiger partial charge in [-0.2, -0.15) is 0 Å². The van der Waals surface area contributed by atoms with Crippen molar-refractivity contribution in [2.75, 3.05) is 12.9 Å². The molecule has 1 aliphatic rings. The highest BCUT2D eigenvalue weighted by Gasteiger charge is 2.16. The molecule has 1 aromatic carbocycles. The van der Waals surface area contributed by atoms with Gasteiger partial charge in [0.05, 0.1) is 12.9 Å². The minimum absolute atomic E-state index is 0.134. The van der Waals surface area contributed by atoms with Gasteiger partial charge in [-0.25, -0.2) is 0 Å². The third kappa shape index (κ3) is 3.95. The van der Waals surface area contributed by atoms with Crippen molar-refractivity contribution in [3.05, 3.63) is 24.3 Å². The summed E-state index contributed by atoms with van der Waals surface area (Å²) in [7, 11) is 1.65. The lowest BCUT2D eigenvalue weighted by Gasteiger charge is -2.11. The van der Waals surface area contributed by atoms with Crippen LogP contribution in [0.4, 0.5) is 0 Å². The number of nitrogens with one attached hydrogen (secondary N) is 1. The molecule has 0 atom stereocenters. The van der Waals surface area contributed by atoms with Crippen molar-refractivity contribution in [1.29, 1.82) is 0 Å². The standard InChI is InChI=1S/C14H19NO2S/c1-17-12-7-4-8-13(9-12)18-10-14(16)15-11-5-2-3-6-11/h4,7-9,11H,2-3,5-6,10H2,1H3,(H,15,16). The zero-order valence-corrected chi connectivity index (χ0v) is 11.5. The predicted octanol–water partition coefficient (Wildman–Crippen LogP) is 2.85. The highest BCUT2D eigenvalue weighted by Crippen LogP contribution is 2.23. The first-order valence-electron chi connectivity index (χ1n) is 6.34. The normalized spacial score (nSPS) is 15.6. The second kappa shape index (κ2) is 6.69. The molecule has 0 heterocycles. The van der Waals surface area contributed by atoms with Crippen LogP contribution < -0.4 is 10.1 Å². The SMILES string of the molecule is COc1cccc(SCC(=O)NC2CCCC2)c1. The second-order valence-electron chi connectivity index (χ2n) is 4.52. The maximum absolute atomic E-state index is 11.8. The van der Waals surface area contributed by atoms with E-state index in [-0.39, 0.29) is 5.91 Å². The number of amides is 1. The van der Waals surface area contributed by atoms with E-state index >= 15 is 0 Å². The van der Waals surface area contributed by atoms with Crippen molar-refractivity contribution in [2.24, 2.45) is 0 Å². The van der Waals surface area contributed by atoms with Crippen molar-refractivity contribution < 1.29 is 9.53 Å². The Hall–Kier alpha value is -1.16. The van der Waals surface area contributed by atoms with Crippen LogP contribution in [-0.4, -0.2) is 24.8 Å². The summed E-state index contributed by atoms with van der Waals surface area (Å²) in [6.45, 7) is 0. The fourth-order valence-electron chi connectivity index (χ4n) is 2.18. The van der Waals surface area contributed by atoms with Crippen molar-refractivity contribution >= 4 is 17.7 Å². The topological polar surface area (TPSA) is 38.3 Å². The number of carbonyl (C=O) groups is 1. The average Bonchev–Trinajstić information content (AvgIpc) is 2.89. The molecule has 1 amide bonds. The van der Waals surface area contributed by atoms with Crippen molar-refractivity contribution in [3.8, 4) is 5.75 Å².